The fourth-order valence-electron chi connectivity index (χ4n) is 10.5. The molecule has 138 valence electrons. The lowest BCUT2D eigenvalue weighted by molar-refractivity contribution is 0.184. The summed E-state index contributed by atoms with van der Waals surface area (Å²) in [6.45, 7) is 15.0. The van der Waals surface area contributed by atoms with Gasteiger partial charge in [-0.15, -0.1) is 0 Å². The Morgan fingerprint density at radius 2 is 1.24 bits per heavy atom. The first-order valence-electron chi connectivity index (χ1n) is 11.6. The van der Waals surface area contributed by atoms with Crippen molar-refractivity contribution in [1.82, 2.24) is 0 Å². The molecule has 0 heterocycles. The standard InChI is InChI=1S/C25H38/c1-7-19(5,6)16(4)18-9-21(18)11-23(21)13-25(23)14-24(25)12-22(24)10-20(22)8-17(20)15(2)3/h15-18H,7-14H2,1-6H3. The first-order chi connectivity index (χ1) is 11.6. The average Bonchev–Trinajstić information content (AvgIpc) is 3.33. The minimum atomic E-state index is 0.557. The van der Waals surface area contributed by atoms with Crippen LogP contribution in [0.3, 0.4) is 0 Å². The molecule has 6 spiro atoms. The molecule has 7 aliphatic carbocycles. The molecule has 0 aliphatic heterocycles. The molecule has 0 aromatic rings. The second kappa shape index (κ2) is 3.30. The summed E-state index contributed by atoms with van der Waals surface area (Å²) in [7, 11) is 0. The molecular formula is C25H38. The maximum atomic E-state index is 2.60. The molecule has 9 atom stereocenters. The molecule has 7 aliphatic rings. The molecule has 9 unspecified atom stereocenters. The van der Waals surface area contributed by atoms with Crippen molar-refractivity contribution in [2.45, 2.75) is 92.9 Å². The van der Waals surface area contributed by atoms with Crippen molar-refractivity contribution in [1.29, 1.82) is 0 Å². The van der Waals surface area contributed by atoms with Gasteiger partial charge < -0.3 is 0 Å². The van der Waals surface area contributed by atoms with E-state index in [-0.39, 0.29) is 0 Å². The van der Waals surface area contributed by atoms with Crippen molar-refractivity contribution in [2.75, 3.05) is 0 Å². The number of hydrogen-bond donors (Lipinski definition) is 0. The summed E-state index contributed by atoms with van der Waals surface area (Å²) in [6, 6.07) is 0. The van der Waals surface area contributed by atoms with Gasteiger partial charge in [0.15, 0.2) is 0 Å². The molecule has 7 saturated carbocycles. The monoisotopic (exact) mass is 338 g/mol. The first-order valence-corrected chi connectivity index (χ1v) is 11.6. The Morgan fingerprint density at radius 3 is 1.72 bits per heavy atom. The van der Waals surface area contributed by atoms with E-state index in [1.807, 2.05) is 0 Å². The highest BCUT2D eigenvalue weighted by Crippen LogP contribution is 3.18. The predicted molar refractivity (Wildman–Crippen MR) is 102 cm³/mol. The normalized spacial score (nSPS) is 67.8. The van der Waals surface area contributed by atoms with Gasteiger partial charge in [0.05, 0.1) is 0 Å². The van der Waals surface area contributed by atoms with E-state index in [1.165, 1.54) is 6.42 Å². The van der Waals surface area contributed by atoms with E-state index in [9.17, 15) is 0 Å². The number of hydrogen-bond acceptors (Lipinski definition) is 0. The third-order valence-electron chi connectivity index (χ3n) is 12.9. The van der Waals surface area contributed by atoms with Crippen LogP contribution in [0.15, 0.2) is 0 Å². The average molecular weight is 339 g/mol. The van der Waals surface area contributed by atoms with Gasteiger partial charge in [0.2, 0.25) is 0 Å². The fraction of sp³-hybridized carbons (Fsp3) is 1.00. The lowest BCUT2D eigenvalue weighted by Crippen LogP contribution is -2.23. The minimum absolute atomic E-state index is 0.557. The van der Waals surface area contributed by atoms with E-state index in [1.54, 1.807) is 44.9 Å². The van der Waals surface area contributed by atoms with Gasteiger partial charge in [0, 0.05) is 0 Å². The molecular weight excluding hydrogens is 300 g/mol. The maximum Gasteiger partial charge on any atom is -0.0161 e. The topological polar surface area (TPSA) is 0 Å². The third kappa shape index (κ3) is 1.16. The van der Waals surface area contributed by atoms with Crippen LogP contribution in [0.5, 0.6) is 0 Å². The summed E-state index contributed by atoms with van der Waals surface area (Å²) in [5, 5.41) is 0. The highest BCUT2D eigenvalue weighted by molar-refractivity contribution is 5.59. The van der Waals surface area contributed by atoms with Gasteiger partial charge in [-0.25, -0.2) is 0 Å². The van der Waals surface area contributed by atoms with Crippen LogP contribution in [-0.2, 0) is 0 Å². The smallest absolute Gasteiger partial charge is 0.0161 e. The van der Waals surface area contributed by atoms with E-state index < -0.39 is 0 Å². The summed E-state index contributed by atoms with van der Waals surface area (Å²) in [4.78, 5) is 0. The zero-order chi connectivity index (χ0) is 17.5. The quantitative estimate of drug-likeness (QED) is 0.535. The summed E-state index contributed by atoms with van der Waals surface area (Å²) in [5.41, 5.74) is 5.98. The van der Waals surface area contributed by atoms with E-state index in [2.05, 4.69) is 41.5 Å². The molecule has 0 aromatic heterocycles. The lowest BCUT2D eigenvalue weighted by atomic mass is 9.74. The Morgan fingerprint density at radius 1 is 0.760 bits per heavy atom. The Kier molecular flexibility index (Phi) is 1.98. The van der Waals surface area contributed by atoms with Crippen molar-refractivity contribution in [2.24, 2.45) is 61.6 Å². The predicted octanol–water partition coefficient (Wildman–Crippen LogP) is 6.69. The Balaban J connectivity index is 1.10. The SMILES string of the molecule is CCC(C)(C)C(C)C1CC12CC21CC12CC21CC12CC21CC1C(C)C. The fourth-order valence-corrected chi connectivity index (χ4v) is 10.5. The highest BCUT2D eigenvalue weighted by Gasteiger charge is 3.11. The van der Waals surface area contributed by atoms with Gasteiger partial charge in [-0.1, -0.05) is 48.0 Å². The minimum Gasteiger partial charge on any atom is -0.0649 e. The lowest BCUT2D eigenvalue weighted by Gasteiger charge is -2.31. The van der Waals surface area contributed by atoms with Crippen LogP contribution in [0.25, 0.3) is 0 Å². The van der Waals surface area contributed by atoms with E-state index in [0.29, 0.717) is 5.41 Å². The molecule has 7 rings (SSSR count). The summed E-state index contributed by atoms with van der Waals surface area (Å²) >= 11 is 0. The van der Waals surface area contributed by atoms with Gasteiger partial charge in [-0.3, -0.25) is 0 Å². The van der Waals surface area contributed by atoms with Crippen LogP contribution in [0.2, 0.25) is 0 Å². The van der Waals surface area contributed by atoms with E-state index in [4.69, 9.17) is 0 Å². The molecule has 0 nitrogen and oxygen atoms in total. The summed E-state index contributed by atoms with van der Waals surface area (Å²) in [5.74, 6) is 4.11. The second-order valence-corrected chi connectivity index (χ2v) is 13.5. The van der Waals surface area contributed by atoms with Crippen LogP contribution in [-0.4, -0.2) is 0 Å². The van der Waals surface area contributed by atoms with Crippen molar-refractivity contribution in [3.05, 3.63) is 0 Å². The Bertz CT molecular complexity index is 732. The van der Waals surface area contributed by atoms with Crippen LogP contribution >= 0.6 is 0 Å². The molecule has 7 fully saturated rings. The Hall–Kier alpha value is 0. The molecule has 0 N–H and O–H groups in total. The molecule has 0 heteroatoms. The molecule has 0 saturated heterocycles. The second-order valence-electron chi connectivity index (χ2n) is 13.5. The van der Waals surface area contributed by atoms with E-state index in [0.717, 1.165) is 56.2 Å². The van der Waals surface area contributed by atoms with Gasteiger partial charge >= 0.3 is 0 Å². The largest absolute Gasteiger partial charge is 0.0649 e. The van der Waals surface area contributed by atoms with E-state index >= 15 is 0 Å². The summed E-state index contributed by atoms with van der Waals surface area (Å²) < 4.78 is 0. The number of fused-ring (bicyclic) bond motifs is 5. The van der Waals surface area contributed by atoms with Crippen molar-refractivity contribution in [3.63, 3.8) is 0 Å². The van der Waals surface area contributed by atoms with Crippen LogP contribution < -0.4 is 0 Å². The third-order valence-corrected chi connectivity index (χ3v) is 12.9. The highest BCUT2D eigenvalue weighted by atomic mass is 15.1. The molecule has 25 heavy (non-hydrogen) atoms. The zero-order valence-electron chi connectivity index (χ0n) is 17.5. The van der Waals surface area contributed by atoms with Gasteiger partial charge in [0.25, 0.3) is 0 Å². The van der Waals surface area contributed by atoms with Gasteiger partial charge in [0.1, 0.15) is 0 Å². The maximum absolute atomic E-state index is 2.60. The molecule has 0 bridgehead atoms. The van der Waals surface area contributed by atoms with Crippen LogP contribution in [0.4, 0.5) is 0 Å². The van der Waals surface area contributed by atoms with Gasteiger partial charge in [-0.05, 0) is 107 Å². The first kappa shape index (κ1) is 15.0. The van der Waals surface area contributed by atoms with Crippen molar-refractivity contribution < 1.29 is 0 Å². The Labute approximate surface area is 154 Å². The van der Waals surface area contributed by atoms with Crippen molar-refractivity contribution in [3.8, 4) is 0 Å². The summed E-state index contributed by atoms with van der Waals surface area (Å²) in [6.07, 6.45) is 13.0. The van der Waals surface area contributed by atoms with Crippen LogP contribution in [0.1, 0.15) is 92.9 Å². The molecule has 0 radical (unpaired) electrons. The van der Waals surface area contributed by atoms with Crippen LogP contribution in [0, 0.1) is 61.6 Å². The molecule has 0 aromatic carbocycles. The zero-order valence-corrected chi connectivity index (χ0v) is 17.5. The number of rotatable bonds is 4. The van der Waals surface area contributed by atoms with Crippen molar-refractivity contribution >= 4 is 0 Å². The van der Waals surface area contributed by atoms with Gasteiger partial charge in [-0.2, -0.15) is 0 Å². The molecule has 0 amide bonds.